The maximum atomic E-state index is 12.9. The number of nitrogens with zero attached hydrogens (tertiary/aromatic N) is 1. The highest BCUT2D eigenvalue weighted by atomic mass is 35.5. The molecule has 5 nitrogen and oxygen atoms in total. The number of amides is 1. The van der Waals surface area contributed by atoms with Gasteiger partial charge in [-0.3, -0.25) is 9.69 Å². The molecule has 1 aliphatic heterocycles. The van der Waals surface area contributed by atoms with Crippen LogP contribution in [-0.4, -0.2) is 30.1 Å². The second-order valence-electron chi connectivity index (χ2n) is 6.85. The van der Waals surface area contributed by atoms with E-state index in [1.807, 2.05) is 20.8 Å². The van der Waals surface area contributed by atoms with Crippen molar-refractivity contribution in [2.24, 2.45) is 5.92 Å². The van der Waals surface area contributed by atoms with Crippen LogP contribution in [0.1, 0.15) is 41.0 Å². The Bertz CT molecular complexity index is 642. The molecule has 2 rings (SSSR count). The number of hydrogen-bond donors (Lipinski definition) is 0. The molecule has 1 amide bonds. The van der Waals surface area contributed by atoms with Gasteiger partial charge in [-0.05, 0) is 44.4 Å². The first kappa shape index (κ1) is 18.6. The highest BCUT2D eigenvalue weighted by Gasteiger charge is 2.45. The summed E-state index contributed by atoms with van der Waals surface area (Å²) in [5.74, 6) is 0.0536. The number of rotatable bonds is 5. The molecule has 6 heteroatoms. The largest absolute Gasteiger partial charge is 0.476 e. The van der Waals surface area contributed by atoms with E-state index in [-0.39, 0.29) is 11.8 Å². The average molecular weight is 354 g/mol. The molecule has 1 aromatic carbocycles. The zero-order chi connectivity index (χ0) is 18.1. The van der Waals surface area contributed by atoms with E-state index in [2.05, 4.69) is 0 Å². The van der Waals surface area contributed by atoms with Crippen LogP contribution < -0.4 is 9.64 Å². The second kappa shape index (κ2) is 7.01. The van der Waals surface area contributed by atoms with E-state index >= 15 is 0 Å². The highest BCUT2D eigenvalue weighted by molar-refractivity contribution is 6.31. The number of ether oxygens (including phenoxy) is 2. The van der Waals surface area contributed by atoms with Gasteiger partial charge in [-0.1, -0.05) is 32.4 Å². The Labute approximate surface area is 147 Å². The molecule has 132 valence electrons. The van der Waals surface area contributed by atoms with Crippen LogP contribution in [0.2, 0.25) is 5.02 Å². The first-order chi connectivity index (χ1) is 11.2. The normalized spacial score (nSPS) is 17.3. The third kappa shape index (κ3) is 3.66. The van der Waals surface area contributed by atoms with Crippen molar-refractivity contribution in [2.45, 2.75) is 52.7 Å². The molecule has 0 saturated carbocycles. The fourth-order valence-corrected chi connectivity index (χ4v) is 2.76. The third-order valence-electron chi connectivity index (χ3n) is 3.81. The monoisotopic (exact) mass is 353 g/mol. The van der Waals surface area contributed by atoms with Gasteiger partial charge in [0.05, 0.1) is 12.3 Å². The minimum atomic E-state index is -1.06. The lowest BCUT2D eigenvalue weighted by atomic mass is 10.0. The highest BCUT2D eigenvalue weighted by Crippen LogP contribution is 2.41. The van der Waals surface area contributed by atoms with Crippen molar-refractivity contribution in [3.8, 4) is 5.75 Å². The Balaban J connectivity index is 2.43. The van der Waals surface area contributed by atoms with E-state index in [1.54, 1.807) is 32.0 Å². The van der Waals surface area contributed by atoms with Gasteiger partial charge in [0.2, 0.25) is 0 Å². The fraction of sp³-hybridized carbons (Fsp3) is 0.556. The summed E-state index contributed by atoms with van der Waals surface area (Å²) in [5, 5.41) is 0.472. The molecule has 1 heterocycles. The van der Waals surface area contributed by atoms with Crippen LogP contribution in [0.4, 0.5) is 5.69 Å². The molecule has 0 aliphatic carbocycles. The predicted octanol–water partition coefficient (Wildman–Crippen LogP) is 3.82. The van der Waals surface area contributed by atoms with Gasteiger partial charge >= 0.3 is 5.97 Å². The van der Waals surface area contributed by atoms with E-state index in [4.69, 9.17) is 21.1 Å². The minimum Gasteiger partial charge on any atom is -0.476 e. The Morgan fingerprint density at radius 3 is 2.62 bits per heavy atom. The number of benzene rings is 1. The van der Waals surface area contributed by atoms with Crippen molar-refractivity contribution in [1.82, 2.24) is 0 Å². The van der Waals surface area contributed by atoms with Gasteiger partial charge in [0.25, 0.3) is 5.91 Å². The third-order valence-corrected chi connectivity index (χ3v) is 4.04. The van der Waals surface area contributed by atoms with Crippen molar-refractivity contribution in [3.63, 3.8) is 0 Å². The van der Waals surface area contributed by atoms with Gasteiger partial charge in [-0.2, -0.15) is 0 Å². The number of hydrogen-bond acceptors (Lipinski definition) is 4. The van der Waals surface area contributed by atoms with Gasteiger partial charge < -0.3 is 9.47 Å². The summed E-state index contributed by atoms with van der Waals surface area (Å²) < 4.78 is 11.2. The van der Waals surface area contributed by atoms with Crippen LogP contribution in [0, 0.1) is 5.92 Å². The number of anilines is 1. The molecular weight excluding hydrogens is 330 g/mol. The summed E-state index contributed by atoms with van der Waals surface area (Å²) in [6, 6.07) is 4.34. The molecule has 0 spiro atoms. The van der Waals surface area contributed by atoms with Crippen molar-refractivity contribution >= 4 is 29.2 Å². The molecule has 24 heavy (non-hydrogen) atoms. The molecular formula is C18H24ClNO4. The van der Waals surface area contributed by atoms with Gasteiger partial charge in [-0.25, -0.2) is 4.79 Å². The number of carbonyl (C=O) groups excluding carboxylic acids is 2. The van der Waals surface area contributed by atoms with E-state index in [0.717, 1.165) is 0 Å². The second-order valence-corrected chi connectivity index (χ2v) is 7.28. The summed E-state index contributed by atoms with van der Waals surface area (Å²) in [4.78, 5) is 26.9. The topological polar surface area (TPSA) is 55.8 Å². The number of carbonyl (C=O) groups is 2. The molecule has 1 aliphatic rings. The van der Waals surface area contributed by atoms with Crippen LogP contribution in [-0.2, 0) is 14.3 Å². The van der Waals surface area contributed by atoms with Gasteiger partial charge in [-0.15, -0.1) is 0 Å². The molecule has 0 aromatic heterocycles. The van der Waals surface area contributed by atoms with E-state index in [0.29, 0.717) is 29.5 Å². The van der Waals surface area contributed by atoms with Gasteiger partial charge in [0.15, 0.2) is 5.60 Å². The van der Waals surface area contributed by atoms with Crippen molar-refractivity contribution in [2.75, 3.05) is 11.5 Å². The lowest BCUT2D eigenvalue weighted by Gasteiger charge is -2.41. The maximum absolute atomic E-state index is 12.9. The fourth-order valence-electron chi connectivity index (χ4n) is 2.59. The molecule has 1 unspecified atom stereocenters. The Morgan fingerprint density at radius 2 is 2.04 bits per heavy atom. The van der Waals surface area contributed by atoms with Crippen LogP contribution in [0.15, 0.2) is 18.2 Å². The first-order valence-electron chi connectivity index (χ1n) is 8.16. The van der Waals surface area contributed by atoms with Crippen molar-refractivity contribution < 1.29 is 19.1 Å². The minimum absolute atomic E-state index is 0.227. The summed E-state index contributed by atoms with van der Waals surface area (Å²) in [6.45, 7) is 9.47. The standard InChI is InChI=1S/C18H24ClNO4/c1-6-13(16(21)23-10-11(2)3)20-14-9-12(19)7-8-15(14)24-18(4,5)17(20)22/h7-9,11,13H,6,10H2,1-5H3. The van der Waals surface area contributed by atoms with Crippen molar-refractivity contribution in [3.05, 3.63) is 23.2 Å². The Hall–Kier alpha value is -1.75. The smallest absolute Gasteiger partial charge is 0.329 e. The van der Waals surface area contributed by atoms with Gasteiger partial charge in [0.1, 0.15) is 11.8 Å². The quantitative estimate of drug-likeness (QED) is 0.755. The SMILES string of the molecule is CCC(C(=O)OCC(C)C)N1C(=O)C(C)(C)Oc2ccc(Cl)cc21. The molecule has 0 fully saturated rings. The maximum Gasteiger partial charge on any atom is 0.329 e. The summed E-state index contributed by atoms with van der Waals surface area (Å²) in [6.07, 6.45) is 0.435. The first-order valence-corrected chi connectivity index (χ1v) is 8.54. The van der Waals surface area contributed by atoms with Crippen molar-refractivity contribution in [1.29, 1.82) is 0 Å². The van der Waals surface area contributed by atoms with E-state index in [9.17, 15) is 9.59 Å². The summed E-state index contributed by atoms with van der Waals surface area (Å²) >= 11 is 6.08. The number of fused-ring (bicyclic) bond motifs is 1. The lowest BCUT2D eigenvalue weighted by molar-refractivity contribution is -0.149. The van der Waals surface area contributed by atoms with Crippen LogP contribution >= 0.6 is 11.6 Å². The summed E-state index contributed by atoms with van der Waals surface area (Å²) in [5.41, 5.74) is -0.563. The van der Waals surface area contributed by atoms with Crippen LogP contribution in [0.25, 0.3) is 0 Å². The molecule has 0 bridgehead atoms. The molecule has 0 radical (unpaired) electrons. The zero-order valence-electron chi connectivity index (χ0n) is 14.8. The Morgan fingerprint density at radius 1 is 1.38 bits per heavy atom. The predicted molar refractivity (Wildman–Crippen MR) is 93.5 cm³/mol. The molecule has 0 N–H and O–H groups in total. The molecule has 1 aromatic rings. The summed E-state index contributed by atoms with van der Waals surface area (Å²) in [7, 11) is 0. The number of esters is 1. The molecule has 1 atom stereocenters. The number of halogens is 1. The Kier molecular flexibility index (Phi) is 5.43. The zero-order valence-corrected chi connectivity index (χ0v) is 15.5. The average Bonchev–Trinajstić information content (AvgIpc) is 2.50. The van der Waals surface area contributed by atoms with Crippen LogP contribution in [0.3, 0.4) is 0 Å². The van der Waals surface area contributed by atoms with E-state index < -0.39 is 17.6 Å². The van der Waals surface area contributed by atoms with Crippen LogP contribution in [0.5, 0.6) is 5.75 Å². The molecule has 0 saturated heterocycles. The lowest BCUT2D eigenvalue weighted by Crippen LogP contribution is -2.58. The van der Waals surface area contributed by atoms with E-state index in [1.165, 1.54) is 4.90 Å². The van der Waals surface area contributed by atoms with Gasteiger partial charge in [0, 0.05) is 5.02 Å².